The van der Waals surface area contributed by atoms with Gasteiger partial charge in [-0.2, -0.15) is 0 Å². The molecule has 1 aliphatic heterocycles. The van der Waals surface area contributed by atoms with Gasteiger partial charge in [-0.3, -0.25) is 9.69 Å². The van der Waals surface area contributed by atoms with Crippen LogP contribution in [0.15, 0.2) is 0 Å². The molecule has 1 saturated heterocycles. The number of nitrogens with zero attached hydrogens (tertiary/aromatic N) is 3. The second-order valence-electron chi connectivity index (χ2n) is 8.26. The van der Waals surface area contributed by atoms with E-state index in [9.17, 15) is 4.79 Å². The first-order valence-electron chi connectivity index (χ1n) is 9.69. The minimum atomic E-state index is 0. The van der Waals surface area contributed by atoms with Crippen molar-refractivity contribution in [2.45, 2.75) is 60.1 Å². The molecule has 0 N–H and O–H groups in total. The Labute approximate surface area is 155 Å². The number of hydrogen-bond acceptors (Lipinski definition) is 4. The van der Waals surface area contributed by atoms with Crippen molar-refractivity contribution in [3.05, 3.63) is 0 Å². The lowest BCUT2D eigenvalue weighted by Gasteiger charge is -2.42. The Kier molecular flexibility index (Phi) is 9.39. The molecule has 0 aromatic rings. The number of hydrogen-bond donors (Lipinski definition) is 0. The van der Waals surface area contributed by atoms with Gasteiger partial charge in [-0.15, -0.1) is 0 Å². The molecule has 0 unspecified atom stereocenters. The van der Waals surface area contributed by atoms with E-state index in [1.807, 2.05) is 25.8 Å². The summed E-state index contributed by atoms with van der Waals surface area (Å²) < 4.78 is 6.00. The van der Waals surface area contributed by atoms with E-state index in [4.69, 9.17) is 4.74 Å². The molecule has 2 aliphatic rings. The van der Waals surface area contributed by atoms with Crippen LogP contribution in [0.4, 0.5) is 0 Å². The van der Waals surface area contributed by atoms with Crippen LogP contribution in [0.25, 0.3) is 0 Å². The smallest absolute Gasteiger partial charge is 0.225 e. The highest BCUT2D eigenvalue weighted by Gasteiger charge is 2.35. The van der Waals surface area contributed by atoms with Crippen LogP contribution in [-0.4, -0.2) is 85.7 Å². The molecule has 1 saturated carbocycles. The second kappa shape index (κ2) is 10.5. The lowest BCUT2D eigenvalue weighted by molar-refractivity contribution is -0.140. The number of piperazine rings is 1. The highest BCUT2D eigenvalue weighted by molar-refractivity contribution is 5.78. The molecule has 0 radical (unpaired) electrons. The van der Waals surface area contributed by atoms with Gasteiger partial charge >= 0.3 is 0 Å². The van der Waals surface area contributed by atoms with Gasteiger partial charge in [-0.05, 0) is 18.8 Å². The van der Waals surface area contributed by atoms with Gasteiger partial charge in [0.1, 0.15) is 0 Å². The fourth-order valence-corrected chi connectivity index (χ4v) is 3.64. The summed E-state index contributed by atoms with van der Waals surface area (Å²) in [6.07, 6.45) is 2.34. The molecule has 25 heavy (non-hydrogen) atoms. The van der Waals surface area contributed by atoms with Crippen LogP contribution >= 0.6 is 0 Å². The van der Waals surface area contributed by atoms with Gasteiger partial charge in [0.25, 0.3) is 0 Å². The molecule has 5 heteroatoms. The minimum absolute atomic E-state index is 0. The van der Waals surface area contributed by atoms with Gasteiger partial charge in [0.2, 0.25) is 5.91 Å². The maximum atomic E-state index is 12.0. The number of carbonyl (C=O) groups excluding carboxylic acids is 1. The van der Waals surface area contributed by atoms with Gasteiger partial charge in [-0.25, -0.2) is 0 Å². The first-order valence-corrected chi connectivity index (χ1v) is 9.69. The quantitative estimate of drug-likeness (QED) is 0.670. The van der Waals surface area contributed by atoms with E-state index in [0.717, 1.165) is 45.0 Å². The number of ether oxygens (including phenoxy) is 1. The fourth-order valence-electron chi connectivity index (χ4n) is 3.64. The Morgan fingerprint density at radius 1 is 1.08 bits per heavy atom. The fraction of sp³-hybridized carbons (Fsp3) is 0.950. The van der Waals surface area contributed by atoms with Crippen LogP contribution in [-0.2, 0) is 9.53 Å². The van der Waals surface area contributed by atoms with Crippen LogP contribution in [0.1, 0.15) is 48.0 Å². The molecular formula is C20H41N3O2. The van der Waals surface area contributed by atoms with Crippen molar-refractivity contribution in [3.63, 3.8) is 0 Å². The monoisotopic (exact) mass is 355 g/mol. The topological polar surface area (TPSA) is 36.0 Å². The van der Waals surface area contributed by atoms with E-state index in [0.29, 0.717) is 12.1 Å². The van der Waals surface area contributed by atoms with Crippen LogP contribution in [0.3, 0.4) is 0 Å². The molecule has 2 fully saturated rings. The molecule has 1 heterocycles. The largest absolute Gasteiger partial charge is 0.377 e. The first-order chi connectivity index (χ1) is 11.4. The summed E-state index contributed by atoms with van der Waals surface area (Å²) in [6.45, 7) is 16.3. The summed E-state index contributed by atoms with van der Waals surface area (Å²) in [5.41, 5.74) is 0. The summed E-state index contributed by atoms with van der Waals surface area (Å²) >= 11 is 0. The SMILES string of the molecule is C.CC(C)CN1CCN(CCOC2CC(N(C)C(=O)C(C)C)C2)CC1. The second-order valence-corrected chi connectivity index (χ2v) is 8.26. The maximum Gasteiger partial charge on any atom is 0.225 e. The van der Waals surface area contributed by atoms with E-state index < -0.39 is 0 Å². The van der Waals surface area contributed by atoms with Crippen molar-refractivity contribution in [2.75, 3.05) is 52.9 Å². The summed E-state index contributed by atoms with van der Waals surface area (Å²) in [5, 5.41) is 0. The van der Waals surface area contributed by atoms with Gasteiger partial charge in [0.05, 0.1) is 12.7 Å². The predicted molar refractivity (Wildman–Crippen MR) is 105 cm³/mol. The van der Waals surface area contributed by atoms with Gasteiger partial charge in [-0.1, -0.05) is 35.1 Å². The Hall–Kier alpha value is -0.650. The molecule has 0 aromatic heterocycles. The highest BCUT2D eigenvalue weighted by Crippen LogP contribution is 2.28. The van der Waals surface area contributed by atoms with Crippen molar-refractivity contribution in [1.82, 2.24) is 14.7 Å². The molecule has 0 aromatic carbocycles. The molecule has 2 rings (SSSR count). The van der Waals surface area contributed by atoms with Crippen molar-refractivity contribution in [3.8, 4) is 0 Å². The molecule has 0 spiro atoms. The minimum Gasteiger partial charge on any atom is -0.377 e. The predicted octanol–water partition coefficient (Wildman–Crippen LogP) is 2.56. The van der Waals surface area contributed by atoms with Crippen molar-refractivity contribution < 1.29 is 9.53 Å². The molecule has 0 bridgehead atoms. The van der Waals surface area contributed by atoms with Crippen LogP contribution < -0.4 is 0 Å². The van der Waals surface area contributed by atoms with E-state index in [1.54, 1.807) is 0 Å². The van der Waals surface area contributed by atoms with E-state index in [-0.39, 0.29) is 19.3 Å². The Morgan fingerprint density at radius 3 is 2.16 bits per heavy atom. The summed E-state index contributed by atoms with van der Waals surface area (Å²) in [5.74, 6) is 1.09. The standard InChI is InChI=1S/C19H37N3O2.CH4/c1-15(2)14-22-8-6-21(7-9-22)10-11-24-18-12-17(13-18)20(5)19(23)16(3)4;/h15-18H,6-14H2,1-5H3;1H4. The Balaban J connectivity index is 0.00000312. The van der Waals surface area contributed by atoms with Gasteiger partial charge < -0.3 is 14.5 Å². The van der Waals surface area contributed by atoms with E-state index >= 15 is 0 Å². The molecule has 1 amide bonds. The van der Waals surface area contributed by atoms with Gasteiger partial charge in [0.15, 0.2) is 0 Å². The third-order valence-corrected chi connectivity index (χ3v) is 5.31. The lowest BCUT2D eigenvalue weighted by Crippen LogP contribution is -2.51. The molecule has 5 nitrogen and oxygen atoms in total. The third kappa shape index (κ3) is 6.87. The number of carbonyl (C=O) groups is 1. The molecule has 1 aliphatic carbocycles. The van der Waals surface area contributed by atoms with Crippen LogP contribution in [0.2, 0.25) is 0 Å². The Bertz CT molecular complexity index is 386. The van der Waals surface area contributed by atoms with Crippen molar-refractivity contribution in [1.29, 1.82) is 0 Å². The zero-order chi connectivity index (χ0) is 17.7. The average molecular weight is 356 g/mol. The average Bonchev–Trinajstić information content (AvgIpc) is 2.49. The molecular weight excluding hydrogens is 314 g/mol. The van der Waals surface area contributed by atoms with Gasteiger partial charge in [0, 0.05) is 58.3 Å². The summed E-state index contributed by atoms with van der Waals surface area (Å²) in [6, 6.07) is 0.379. The summed E-state index contributed by atoms with van der Waals surface area (Å²) in [4.78, 5) is 19.0. The van der Waals surface area contributed by atoms with Crippen molar-refractivity contribution in [2.24, 2.45) is 11.8 Å². The zero-order valence-corrected chi connectivity index (χ0v) is 16.3. The van der Waals surface area contributed by atoms with E-state index in [1.165, 1.54) is 19.6 Å². The normalized spacial score (nSPS) is 24.9. The summed E-state index contributed by atoms with van der Waals surface area (Å²) in [7, 11) is 1.93. The molecule has 0 atom stereocenters. The first kappa shape index (κ1) is 22.4. The number of rotatable bonds is 8. The Morgan fingerprint density at radius 2 is 1.64 bits per heavy atom. The van der Waals surface area contributed by atoms with Crippen LogP contribution in [0, 0.1) is 11.8 Å². The third-order valence-electron chi connectivity index (χ3n) is 5.31. The number of amides is 1. The maximum absolute atomic E-state index is 12.0. The lowest BCUT2D eigenvalue weighted by atomic mass is 9.87. The highest BCUT2D eigenvalue weighted by atomic mass is 16.5. The van der Waals surface area contributed by atoms with Crippen LogP contribution in [0.5, 0.6) is 0 Å². The van der Waals surface area contributed by atoms with Crippen molar-refractivity contribution >= 4 is 5.91 Å². The molecule has 148 valence electrons. The van der Waals surface area contributed by atoms with E-state index in [2.05, 4.69) is 23.6 Å². The zero-order valence-electron chi connectivity index (χ0n) is 16.3.